The molecule has 0 bridgehead atoms. The van der Waals surface area contributed by atoms with Crippen LogP contribution in [0.3, 0.4) is 0 Å². The molecule has 0 spiro atoms. The van der Waals surface area contributed by atoms with E-state index in [1.54, 1.807) is 19.1 Å². The third-order valence-corrected chi connectivity index (χ3v) is 4.52. The van der Waals surface area contributed by atoms with Gasteiger partial charge in [0.05, 0.1) is 5.92 Å². The van der Waals surface area contributed by atoms with Gasteiger partial charge >= 0.3 is 0 Å². The van der Waals surface area contributed by atoms with Crippen molar-refractivity contribution in [3.8, 4) is 0 Å². The molecule has 0 radical (unpaired) electrons. The van der Waals surface area contributed by atoms with Crippen molar-refractivity contribution in [2.75, 3.05) is 0 Å². The number of halogens is 2. The van der Waals surface area contributed by atoms with Gasteiger partial charge in [0.1, 0.15) is 17.9 Å². The van der Waals surface area contributed by atoms with Crippen LogP contribution >= 0.6 is 23.2 Å². The van der Waals surface area contributed by atoms with E-state index in [4.69, 9.17) is 23.2 Å². The Labute approximate surface area is 136 Å². The minimum Gasteiger partial charge on any atom is -0.295 e. The number of imide groups is 1. The number of carbonyl (C=O) groups is 3. The maximum atomic E-state index is 12.8. The highest BCUT2D eigenvalue weighted by molar-refractivity contribution is 6.36. The number of nitrogens with one attached hydrogen (secondary N) is 1. The number of allylic oxidation sites excluding steroid dienone is 2. The first-order chi connectivity index (χ1) is 10.4. The van der Waals surface area contributed by atoms with Crippen molar-refractivity contribution in [1.82, 2.24) is 10.2 Å². The molecule has 1 saturated heterocycles. The number of nitrogens with zero attached hydrogens (tertiary/aromatic N) is 2. The van der Waals surface area contributed by atoms with Gasteiger partial charge < -0.3 is 0 Å². The Kier molecular flexibility index (Phi) is 3.82. The second-order valence-corrected chi connectivity index (χ2v) is 6.28. The molecule has 0 aromatic carbocycles. The Bertz CT molecular complexity index is 668. The first kappa shape index (κ1) is 15.2. The van der Waals surface area contributed by atoms with Crippen LogP contribution in [0, 0.1) is 5.92 Å². The monoisotopic (exact) mass is 341 g/mol. The van der Waals surface area contributed by atoms with Crippen LogP contribution in [-0.4, -0.2) is 40.5 Å². The summed E-state index contributed by atoms with van der Waals surface area (Å²) in [6, 6.07) is -1.23. The van der Waals surface area contributed by atoms with Crippen molar-refractivity contribution in [3.63, 3.8) is 0 Å². The van der Waals surface area contributed by atoms with Crippen LogP contribution in [0.25, 0.3) is 0 Å². The van der Waals surface area contributed by atoms with E-state index in [0.29, 0.717) is 15.9 Å². The fourth-order valence-electron chi connectivity index (χ4n) is 2.94. The summed E-state index contributed by atoms with van der Waals surface area (Å²) in [4.78, 5) is 41.8. The molecule has 2 aliphatic heterocycles. The van der Waals surface area contributed by atoms with Crippen LogP contribution in [0.2, 0.25) is 0 Å². The average Bonchev–Trinajstić information content (AvgIpc) is 2.42. The van der Waals surface area contributed by atoms with E-state index in [-0.39, 0.29) is 24.7 Å². The van der Waals surface area contributed by atoms with Crippen molar-refractivity contribution < 1.29 is 14.4 Å². The highest BCUT2D eigenvalue weighted by Crippen LogP contribution is 2.35. The van der Waals surface area contributed by atoms with E-state index >= 15 is 0 Å². The Hall–Kier alpha value is -1.66. The molecule has 3 aliphatic rings. The van der Waals surface area contributed by atoms with Crippen LogP contribution in [0.1, 0.15) is 19.8 Å². The summed E-state index contributed by atoms with van der Waals surface area (Å²) in [5.41, 5.74) is 0. The summed E-state index contributed by atoms with van der Waals surface area (Å²) in [6.07, 6.45) is 3.63. The largest absolute Gasteiger partial charge is 0.295 e. The minimum absolute atomic E-state index is 0.193. The van der Waals surface area contributed by atoms with Crippen LogP contribution in [0.15, 0.2) is 27.2 Å². The van der Waals surface area contributed by atoms with Crippen LogP contribution in [0.4, 0.5) is 0 Å². The zero-order chi connectivity index (χ0) is 16.0. The van der Waals surface area contributed by atoms with Gasteiger partial charge in [0.15, 0.2) is 0 Å². The summed E-state index contributed by atoms with van der Waals surface area (Å²) >= 11 is 12.1. The van der Waals surface area contributed by atoms with Crippen LogP contribution < -0.4 is 5.32 Å². The molecule has 1 fully saturated rings. The lowest BCUT2D eigenvalue weighted by atomic mass is 9.90. The number of carbonyl (C=O) groups excluding carboxylic acids is 3. The van der Waals surface area contributed by atoms with Gasteiger partial charge in [-0.3, -0.25) is 29.6 Å². The molecular weight excluding hydrogens is 329 g/mol. The minimum atomic E-state index is -0.730. The quantitative estimate of drug-likeness (QED) is 0.730. The second-order valence-electron chi connectivity index (χ2n) is 5.40. The van der Waals surface area contributed by atoms with Crippen molar-refractivity contribution in [3.05, 3.63) is 22.2 Å². The standard InChI is InChI=1S/C14H13Cl2N3O3/c1-6-17-12-8(4-7(15)5-9(12)16)14(22)19(6)10-2-3-11(20)18-13(10)21/h4-5,8,10,12H,2-3H2,1H3,(H,18,20,21). The molecule has 0 aromatic heterocycles. The molecule has 0 aromatic rings. The summed E-state index contributed by atoms with van der Waals surface area (Å²) in [5, 5.41) is 3.02. The van der Waals surface area contributed by atoms with Gasteiger partial charge in [0.2, 0.25) is 17.7 Å². The highest BCUT2D eigenvalue weighted by atomic mass is 35.5. The molecular formula is C14H13Cl2N3O3. The van der Waals surface area contributed by atoms with Gasteiger partial charge in [-0.25, -0.2) is 0 Å². The number of aliphatic imine (C=N–C) groups is 1. The van der Waals surface area contributed by atoms with Crippen molar-refractivity contribution in [1.29, 1.82) is 0 Å². The summed E-state index contributed by atoms with van der Waals surface area (Å²) in [7, 11) is 0. The zero-order valence-electron chi connectivity index (χ0n) is 11.7. The van der Waals surface area contributed by atoms with E-state index < -0.39 is 23.9 Å². The predicted molar refractivity (Wildman–Crippen MR) is 81.3 cm³/mol. The third kappa shape index (κ3) is 2.46. The number of amides is 3. The molecule has 2 heterocycles. The third-order valence-electron chi connectivity index (χ3n) is 3.96. The molecule has 116 valence electrons. The second kappa shape index (κ2) is 5.52. The van der Waals surface area contributed by atoms with Gasteiger partial charge in [-0.2, -0.15) is 0 Å². The molecule has 6 nitrogen and oxygen atoms in total. The molecule has 0 saturated carbocycles. The number of piperidine rings is 1. The van der Waals surface area contributed by atoms with Crippen molar-refractivity contribution in [2.24, 2.45) is 10.9 Å². The average molecular weight is 342 g/mol. The van der Waals surface area contributed by atoms with Gasteiger partial charge in [-0.05, 0) is 19.4 Å². The normalized spacial score (nSPS) is 32.0. The molecule has 3 amide bonds. The summed E-state index contributed by atoms with van der Waals surface area (Å²) < 4.78 is 0. The lowest BCUT2D eigenvalue weighted by molar-refractivity contribution is -0.144. The summed E-state index contributed by atoms with van der Waals surface area (Å²) in [6.45, 7) is 1.65. The van der Waals surface area contributed by atoms with Crippen LogP contribution in [0.5, 0.6) is 0 Å². The Morgan fingerprint density at radius 3 is 2.73 bits per heavy atom. The lowest BCUT2D eigenvalue weighted by Crippen LogP contribution is -2.59. The van der Waals surface area contributed by atoms with Crippen molar-refractivity contribution >= 4 is 46.8 Å². The molecule has 1 aliphatic carbocycles. The molecule has 3 rings (SSSR count). The van der Waals surface area contributed by atoms with E-state index in [1.807, 2.05) is 0 Å². The van der Waals surface area contributed by atoms with Gasteiger partial charge in [0, 0.05) is 16.5 Å². The molecule has 22 heavy (non-hydrogen) atoms. The first-order valence-electron chi connectivity index (χ1n) is 6.84. The molecule has 1 N–H and O–H groups in total. The zero-order valence-corrected chi connectivity index (χ0v) is 13.2. The maximum absolute atomic E-state index is 12.8. The number of amidine groups is 1. The highest BCUT2D eigenvalue weighted by Gasteiger charge is 2.44. The van der Waals surface area contributed by atoms with Crippen LogP contribution in [-0.2, 0) is 14.4 Å². The Morgan fingerprint density at radius 2 is 2.05 bits per heavy atom. The number of fused-ring (bicyclic) bond motifs is 1. The number of hydrogen-bond donors (Lipinski definition) is 1. The van der Waals surface area contributed by atoms with E-state index in [2.05, 4.69) is 10.3 Å². The fourth-order valence-corrected chi connectivity index (χ4v) is 3.55. The van der Waals surface area contributed by atoms with E-state index in [9.17, 15) is 14.4 Å². The smallest absolute Gasteiger partial charge is 0.249 e. The number of hydrogen-bond acceptors (Lipinski definition) is 4. The molecule has 3 atom stereocenters. The van der Waals surface area contributed by atoms with E-state index in [0.717, 1.165) is 0 Å². The fraction of sp³-hybridized carbons (Fsp3) is 0.429. The Morgan fingerprint density at radius 1 is 1.32 bits per heavy atom. The van der Waals surface area contributed by atoms with Gasteiger partial charge in [-0.1, -0.05) is 29.3 Å². The molecule has 3 unspecified atom stereocenters. The summed E-state index contributed by atoms with van der Waals surface area (Å²) in [5.74, 6) is -1.30. The van der Waals surface area contributed by atoms with Gasteiger partial charge in [0.25, 0.3) is 0 Å². The SMILES string of the molecule is CC1=NC2C(Cl)=CC(Cl)=CC2C(=O)N1C1CCC(=O)NC1=O. The topological polar surface area (TPSA) is 78.8 Å². The number of rotatable bonds is 1. The lowest BCUT2D eigenvalue weighted by Gasteiger charge is -2.40. The maximum Gasteiger partial charge on any atom is 0.249 e. The van der Waals surface area contributed by atoms with Gasteiger partial charge in [-0.15, -0.1) is 0 Å². The first-order valence-corrected chi connectivity index (χ1v) is 7.59. The van der Waals surface area contributed by atoms with E-state index in [1.165, 1.54) is 4.90 Å². The van der Waals surface area contributed by atoms with Crippen molar-refractivity contribution in [2.45, 2.75) is 31.8 Å². The predicted octanol–water partition coefficient (Wildman–Crippen LogP) is 1.30. The Balaban J connectivity index is 1.95. The molecule has 8 heteroatoms.